The molecule has 29 heavy (non-hydrogen) atoms. The molecule has 3 aromatic rings. The number of carbonyl (C=O) groups excluding carboxylic acids is 1. The van der Waals surface area contributed by atoms with Gasteiger partial charge in [-0.05, 0) is 50.5 Å². The number of fused-ring (bicyclic) bond motifs is 3. The predicted octanol–water partition coefficient (Wildman–Crippen LogP) is 3.40. The minimum atomic E-state index is -0.250. The second-order valence-electron chi connectivity index (χ2n) is 8.44. The fourth-order valence-electron chi connectivity index (χ4n) is 4.59. The van der Waals surface area contributed by atoms with Crippen molar-refractivity contribution in [2.24, 2.45) is 7.05 Å². The van der Waals surface area contributed by atoms with Gasteiger partial charge in [-0.3, -0.25) is 9.48 Å². The number of carbonyl (C=O) groups is 1. The molecule has 3 aromatic heterocycles. The first-order valence-electron chi connectivity index (χ1n) is 10.6. The Balaban J connectivity index is 1.36. The Kier molecular flexibility index (Phi) is 3.91. The first kappa shape index (κ1) is 17.4. The second-order valence-corrected chi connectivity index (χ2v) is 9.53. The van der Waals surface area contributed by atoms with Gasteiger partial charge in [-0.25, -0.2) is 9.97 Å². The fraction of sp³-hybridized carbons (Fsp3) is 0.524. The number of rotatable bonds is 4. The van der Waals surface area contributed by atoms with E-state index in [9.17, 15) is 4.79 Å². The van der Waals surface area contributed by atoms with Crippen molar-refractivity contribution in [2.45, 2.75) is 56.9 Å². The van der Waals surface area contributed by atoms with Gasteiger partial charge in [0.05, 0.1) is 17.3 Å². The van der Waals surface area contributed by atoms with Gasteiger partial charge in [0, 0.05) is 30.6 Å². The van der Waals surface area contributed by atoms with Crippen molar-refractivity contribution in [2.75, 3.05) is 16.8 Å². The lowest BCUT2D eigenvalue weighted by molar-refractivity contribution is -0.117. The highest BCUT2D eigenvalue weighted by molar-refractivity contribution is 7.19. The smallest absolute Gasteiger partial charge is 0.249 e. The molecule has 0 bridgehead atoms. The van der Waals surface area contributed by atoms with Crippen LogP contribution >= 0.6 is 11.3 Å². The number of aryl methyl sites for hydroxylation is 3. The Bertz CT molecular complexity index is 1110. The number of nitrogens with zero attached hydrogens (tertiary/aromatic N) is 5. The zero-order valence-electron chi connectivity index (χ0n) is 16.5. The molecule has 2 aliphatic carbocycles. The average Bonchev–Trinajstić information content (AvgIpc) is 3.24. The summed E-state index contributed by atoms with van der Waals surface area (Å²) in [4.78, 5) is 27.4. The van der Waals surface area contributed by atoms with Crippen molar-refractivity contribution in [3.63, 3.8) is 0 Å². The molecule has 1 saturated heterocycles. The zero-order valence-corrected chi connectivity index (χ0v) is 17.3. The van der Waals surface area contributed by atoms with Crippen LogP contribution in [0.5, 0.6) is 0 Å². The van der Waals surface area contributed by atoms with Crippen molar-refractivity contribution in [3.05, 3.63) is 28.7 Å². The van der Waals surface area contributed by atoms with E-state index in [2.05, 4.69) is 10.4 Å². The number of thiophene rings is 1. The van der Waals surface area contributed by atoms with Gasteiger partial charge in [0.2, 0.25) is 5.91 Å². The van der Waals surface area contributed by atoms with Crippen LogP contribution in [0.3, 0.4) is 0 Å². The summed E-state index contributed by atoms with van der Waals surface area (Å²) in [5.41, 5.74) is 2.27. The van der Waals surface area contributed by atoms with Crippen molar-refractivity contribution in [1.29, 1.82) is 0 Å². The molecular weight excluding hydrogens is 384 g/mol. The molecular formula is C21H24N6OS. The van der Waals surface area contributed by atoms with E-state index in [0.29, 0.717) is 12.5 Å². The third-order valence-corrected chi connectivity index (χ3v) is 7.48. The van der Waals surface area contributed by atoms with Crippen LogP contribution in [0.1, 0.15) is 54.3 Å². The summed E-state index contributed by atoms with van der Waals surface area (Å²) < 4.78 is 1.73. The SMILES string of the molecule is Cn1cc(N2CCC(Nc3nc(C4CC4)nc4sc5c(c34)CCCC5)C2=O)cn1. The van der Waals surface area contributed by atoms with Crippen LogP contribution in [0.2, 0.25) is 0 Å². The Morgan fingerprint density at radius 1 is 1.17 bits per heavy atom. The third-order valence-electron chi connectivity index (χ3n) is 6.29. The Labute approximate surface area is 173 Å². The van der Waals surface area contributed by atoms with E-state index in [4.69, 9.17) is 9.97 Å². The van der Waals surface area contributed by atoms with Crippen LogP contribution in [-0.2, 0) is 24.7 Å². The number of anilines is 2. The van der Waals surface area contributed by atoms with Crippen LogP contribution in [-0.4, -0.2) is 38.2 Å². The number of aromatic nitrogens is 4. The highest BCUT2D eigenvalue weighted by Gasteiger charge is 2.35. The Morgan fingerprint density at radius 2 is 2.03 bits per heavy atom. The largest absolute Gasteiger partial charge is 0.358 e. The van der Waals surface area contributed by atoms with Crippen LogP contribution in [0, 0.1) is 0 Å². The molecule has 7 nitrogen and oxygen atoms in total. The van der Waals surface area contributed by atoms with Crippen LogP contribution in [0.15, 0.2) is 12.4 Å². The highest BCUT2D eigenvalue weighted by atomic mass is 32.1. The molecule has 1 amide bonds. The fourth-order valence-corrected chi connectivity index (χ4v) is 5.85. The molecule has 1 atom stereocenters. The first-order valence-corrected chi connectivity index (χ1v) is 11.4. The summed E-state index contributed by atoms with van der Waals surface area (Å²) >= 11 is 1.83. The molecule has 0 aromatic carbocycles. The summed E-state index contributed by atoms with van der Waals surface area (Å²) in [6.07, 6.45) is 11.5. The summed E-state index contributed by atoms with van der Waals surface area (Å²) in [7, 11) is 1.87. The van der Waals surface area contributed by atoms with Gasteiger partial charge in [0.1, 0.15) is 22.5 Å². The quantitative estimate of drug-likeness (QED) is 0.716. The molecule has 1 unspecified atom stereocenters. The summed E-state index contributed by atoms with van der Waals surface area (Å²) in [6, 6.07) is -0.250. The maximum atomic E-state index is 13.1. The van der Waals surface area contributed by atoms with Crippen LogP contribution < -0.4 is 10.2 Å². The molecule has 1 saturated carbocycles. The van der Waals surface area contributed by atoms with Gasteiger partial charge in [-0.15, -0.1) is 11.3 Å². The second kappa shape index (κ2) is 6.52. The number of hydrogen-bond acceptors (Lipinski definition) is 6. The summed E-state index contributed by atoms with van der Waals surface area (Å²) in [6.45, 7) is 0.702. The molecule has 150 valence electrons. The first-order chi connectivity index (χ1) is 14.2. The number of amides is 1. The standard InChI is InChI=1S/C21H24N6OS/c1-26-11-13(10-22-26)27-9-8-15(21(27)28)23-19-17-14-4-2-3-5-16(14)29-20(17)25-18(24-19)12-6-7-12/h10-12,15H,2-9H2,1H3,(H,23,24,25). The van der Waals surface area contributed by atoms with E-state index in [-0.39, 0.29) is 11.9 Å². The van der Waals surface area contributed by atoms with Gasteiger partial charge in [-0.1, -0.05) is 0 Å². The molecule has 2 fully saturated rings. The average molecular weight is 409 g/mol. The molecule has 6 rings (SSSR count). The molecule has 3 aliphatic rings. The van der Waals surface area contributed by atoms with Crippen molar-refractivity contribution in [3.8, 4) is 0 Å². The topological polar surface area (TPSA) is 75.9 Å². The van der Waals surface area contributed by atoms with Gasteiger partial charge >= 0.3 is 0 Å². The highest BCUT2D eigenvalue weighted by Crippen LogP contribution is 2.43. The van der Waals surface area contributed by atoms with Gasteiger partial charge < -0.3 is 10.2 Å². The lowest BCUT2D eigenvalue weighted by Crippen LogP contribution is -2.33. The molecule has 0 spiro atoms. The summed E-state index contributed by atoms with van der Waals surface area (Å²) in [5, 5.41) is 8.91. The third kappa shape index (κ3) is 2.92. The van der Waals surface area contributed by atoms with E-state index in [1.54, 1.807) is 10.9 Å². The molecule has 4 heterocycles. The number of nitrogens with one attached hydrogen (secondary N) is 1. The van der Waals surface area contributed by atoms with E-state index in [0.717, 1.165) is 41.4 Å². The Hall–Kier alpha value is -2.48. The van der Waals surface area contributed by atoms with E-state index in [1.165, 1.54) is 41.5 Å². The maximum Gasteiger partial charge on any atom is 0.249 e. The van der Waals surface area contributed by atoms with E-state index < -0.39 is 0 Å². The molecule has 0 radical (unpaired) electrons. The minimum Gasteiger partial charge on any atom is -0.358 e. The van der Waals surface area contributed by atoms with Gasteiger partial charge in [0.25, 0.3) is 0 Å². The number of hydrogen-bond donors (Lipinski definition) is 1. The molecule has 8 heteroatoms. The van der Waals surface area contributed by atoms with Crippen molar-refractivity contribution >= 4 is 39.0 Å². The maximum absolute atomic E-state index is 13.1. The molecule has 1 aliphatic heterocycles. The van der Waals surface area contributed by atoms with Crippen molar-refractivity contribution in [1.82, 2.24) is 19.7 Å². The monoisotopic (exact) mass is 408 g/mol. The predicted molar refractivity (Wildman–Crippen MR) is 114 cm³/mol. The van der Waals surface area contributed by atoms with Crippen LogP contribution in [0.4, 0.5) is 11.5 Å². The van der Waals surface area contributed by atoms with Gasteiger partial charge in [-0.2, -0.15) is 5.10 Å². The minimum absolute atomic E-state index is 0.0989. The molecule has 1 N–H and O–H groups in total. The van der Waals surface area contributed by atoms with E-state index >= 15 is 0 Å². The van der Waals surface area contributed by atoms with Crippen molar-refractivity contribution < 1.29 is 4.79 Å². The lowest BCUT2D eigenvalue weighted by Gasteiger charge is -2.17. The van der Waals surface area contributed by atoms with Crippen LogP contribution in [0.25, 0.3) is 10.2 Å². The van der Waals surface area contributed by atoms with E-state index in [1.807, 2.05) is 29.5 Å². The summed E-state index contributed by atoms with van der Waals surface area (Å²) in [5.74, 6) is 2.42. The lowest BCUT2D eigenvalue weighted by atomic mass is 9.97. The normalized spacial score (nSPS) is 21.8. The Morgan fingerprint density at radius 3 is 2.83 bits per heavy atom. The zero-order chi connectivity index (χ0) is 19.5. The van der Waals surface area contributed by atoms with Gasteiger partial charge in [0.15, 0.2) is 0 Å².